The van der Waals surface area contributed by atoms with Crippen LogP contribution in [-0.4, -0.2) is 22.0 Å². The van der Waals surface area contributed by atoms with Gasteiger partial charge in [-0.1, -0.05) is 6.07 Å². The maximum Gasteiger partial charge on any atom is 0.266 e. The molecular formula is C19H21N3O2. The molecule has 1 fully saturated rings. The van der Waals surface area contributed by atoms with E-state index in [0.717, 1.165) is 17.0 Å². The first kappa shape index (κ1) is 15.1. The van der Waals surface area contributed by atoms with Crippen molar-refractivity contribution in [1.29, 1.82) is 0 Å². The number of amides is 1. The summed E-state index contributed by atoms with van der Waals surface area (Å²) in [6.07, 6.45) is 2.44. The first-order valence-electron chi connectivity index (χ1n) is 8.43. The van der Waals surface area contributed by atoms with Gasteiger partial charge < -0.3 is 10.1 Å². The highest BCUT2D eigenvalue weighted by molar-refractivity contribution is 5.94. The molecule has 1 saturated carbocycles. The molecule has 2 aromatic rings. The number of carbonyl (C=O) groups is 1. The Labute approximate surface area is 141 Å². The van der Waals surface area contributed by atoms with Crippen LogP contribution in [0.1, 0.15) is 47.0 Å². The summed E-state index contributed by atoms with van der Waals surface area (Å²) in [5.74, 6) is 2.45. The van der Waals surface area contributed by atoms with E-state index in [1.165, 1.54) is 24.0 Å². The van der Waals surface area contributed by atoms with Crippen LogP contribution in [0.3, 0.4) is 0 Å². The Morgan fingerprint density at radius 3 is 2.62 bits per heavy atom. The molecule has 1 N–H and O–H groups in total. The van der Waals surface area contributed by atoms with Crippen LogP contribution in [-0.2, 0) is 11.2 Å². The predicted octanol–water partition coefficient (Wildman–Crippen LogP) is 3.22. The molecule has 124 valence electrons. The lowest BCUT2D eigenvalue weighted by Crippen LogP contribution is -2.31. The van der Waals surface area contributed by atoms with Gasteiger partial charge in [0, 0.05) is 24.1 Å². The number of aromatic nitrogens is 2. The zero-order valence-electron chi connectivity index (χ0n) is 14.2. The van der Waals surface area contributed by atoms with Crippen molar-refractivity contribution in [3.05, 3.63) is 46.4 Å². The summed E-state index contributed by atoms with van der Waals surface area (Å²) in [6.45, 7) is 5.98. The lowest BCUT2D eigenvalue weighted by Gasteiger charge is -2.12. The van der Waals surface area contributed by atoms with Crippen LogP contribution in [0.2, 0.25) is 0 Å². The fraction of sp³-hybridized carbons (Fsp3) is 0.421. The Morgan fingerprint density at radius 1 is 1.12 bits per heavy atom. The molecule has 0 saturated heterocycles. The predicted molar refractivity (Wildman–Crippen MR) is 91.4 cm³/mol. The van der Waals surface area contributed by atoms with Crippen LogP contribution >= 0.6 is 0 Å². The van der Waals surface area contributed by atoms with Gasteiger partial charge in [0.25, 0.3) is 5.91 Å². The summed E-state index contributed by atoms with van der Waals surface area (Å²) in [6, 6.07) is 6.01. The third-order valence-electron chi connectivity index (χ3n) is 4.75. The minimum absolute atomic E-state index is 0.152. The van der Waals surface area contributed by atoms with E-state index in [0.29, 0.717) is 24.0 Å². The van der Waals surface area contributed by atoms with Gasteiger partial charge in [-0.3, -0.25) is 4.79 Å². The Balaban J connectivity index is 1.49. The van der Waals surface area contributed by atoms with Gasteiger partial charge in [-0.15, -0.1) is 0 Å². The third-order valence-corrected chi connectivity index (χ3v) is 4.75. The minimum atomic E-state index is -0.499. The van der Waals surface area contributed by atoms with Gasteiger partial charge in [0.2, 0.25) is 0 Å². The second-order valence-corrected chi connectivity index (χ2v) is 6.84. The fourth-order valence-corrected chi connectivity index (χ4v) is 3.11. The Morgan fingerprint density at radius 2 is 1.88 bits per heavy atom. The lowest BCUT2D eigenvalue weighted by atomic mass is 10.0. The van der Waals surface area contributed by atoms with Crippen molar-refractivity contribution in [3.63, 3.8) is 0 Å². The fourth-order valence-electron chi connectivity index (χ4n) is 3.11. The average molecular weight is 323 g/mol. The molecule has 1 aromatic heterocycles. The van der Waals surface area contributed by atoms with E-state index in [9.17, 15) is 4.79 Å². The maximum atomic E-state index is 12.6. The van der Waals surface area contributed by atoms with Crippen molar-refractivity contribution in [2.75, 3.05) is 5.32 Å². The second kappa shape index (κ2) is 5.58. The smallest absolute Gasteiger partial charge is 0.266 e. The van der Waals surface area contributed by atoms with E-state index >= 15 is 0 Å². The van der Waals surface area contributed by atoms with Gasteiger partial charge in [0.1, 0.15) is 17.4 Å². The quantitative estimate of drug-likeness (QED) is 0.942. The number of hydrogen-bond acceptors (Lipinski definition) is 4. The SMILES string of the molecule is Cc1nc(NC(=O)C2Cc3cc(C)c(C)cc3O2)cc(C2CC2)n1. The summed E-state index contributed by atoms with van der Waals surface area (Å²) < 4.78 is 5.84. The highest BCUT2D eigenvalue weighted by Crippen LogP contribution is 2.39. The van der Waals surface area contributed by atoms with E-state index in [2.05, 4.69) is 35.2 Å². The van der Waals surface area contributed by atoms with Gasteiger partial charge in [-0.05, 0) is 56.4 Å². The molecule has 1 unspecified atom stereocenters. The van der Waals surface area contributed by atoms with Gasteiger partial charge in [0.05, 0.1) is 0 Å². The molecule has 1 aliphatic heterocycles. The molecule has 4 rings (SSSR count). The lowest BCUT2D eigenvalue weighted by molar-refractivity contribution is -0.122. The molecule has 0 bridgehead atoms. The van der Waals surface area contributed by atoms with Gasteiger partial charge in [-0.2, -0.15) is 0 Å². The van der Waals surface area contributed by atoms with Crippen molar-refractivity contribution in [3.8, 4) is 5.75 Å². The average Bonchev–Trinajstić information content (AvgIpc) is 3.29. The molecular weight excluding hydrogens is 302 g/mol. The Bertz CT molecular complexity index is 797. The molecule has 1 aromatic carbocycles. The Kier molecular flexibility index (Phi) is 3.52. The third kappa shape index (κ3) is 2.86. The van der Waals surface area contributed by atoms with Crippen LogP contribution in [0.15, 0.2) is 18.2 Å². The van der Waals surface area contributed by atoms with Crippen molar-refractivity contribution in [2.45, 2.75) is 52.1 Å². The van der Waals surface area contributed by atoms with Crippen LogP contribution in [0, 0.1) is 20.8 Å². The standard InChI is InChI=1S/C19H21N3O2/c1-10-6-14-8-17(24-16(14)7-11(10)2)19(23)22-18-9-15(13-4-5-13)20-12(3)21-18/h6-7,9,13,17H,4-5,8H2,1-3H3,(H,20,21,22,23). The van der Waals surface area contributed by atoms with Crippen LogP contribution in [0.25, 0.3) is 0 Å². The summed E-state index contributed by atoms with van der Waals surface area (Å²) in [7, 11) is 0. The number of aryl methyl sites for hydroxylation is 3. The number of benzene rings is 1. The molecule has 0 radical (unpaired) electrons. The van der Waals surface area contributed by atoms with Crippen molar-refractivity contribution in [2.24, 2.45) is 0 Å². The van der Waals surface area contributed by atoms with Gasteiger partial charge in [0.15, 0.2) is 6.10 Å². The van der Waals surface area contributed by atoms with E-state index in [1.807, 2.05) is 19.1 Å². The minimum Gasteiger partial charge on any atom is -0.480 e. The molecule has 24 heavy (non-hydrogen) atoms. The maximum absolute atomic E-state index is 12.6. The number of fused-ring (bicyclic) bond motifs is 1. The summed E-state index contributed by atoms with van der Waals surface area (Å²) in [5.41, 5.74) is 4.52. The molecule has 1 aliphatic carbocycles. The molecule has 1 amide bonds. The largest absolute Gasteiger partial charge is 0.480 e. The number of hydrogen-bond donors (Lipinski definition) is 1. The second-order valence-electron chi connectivity index (χ2n) is 6.84. The number of anilines is 1. The zero-order chi connectivity index (χ0) is 16.8. The number of carbonyl (C=O) groups excluding carboxylic acids is 1. The molecule has 1 atom stereocenters. The highest BCUT2D eigenvalue weighted by atomic mass is 16.5. The van der Waals surface area contributed by atoms with E-state index in [-0.39, 0.29) is 5.91 Å². The van der Waals surface area contributed by atoms with Gasteiger partial charge >= 0.3 is 0 Å². The normalized spacial score (nSPS) is 18.9. The molecule has 5 nitrogen and oxygen atoms in total. The number of ether oxygens (including phenoxy) is 1. The number of nitrogens with one attached hydrogen (secondary N) is 1. The molecule has 0 spiro atoms. The summed E-state index contributed by atoms with van der Waals surface area (Å²) in [4.78, 5) is 21.4. The van der Waals surface area contributed by atoms with Crippen molar-refractivity contribution >= 4 is 11.7 Å². The van der Waals surface area contributed by atoms with Gasteiger partial charge in [-0.25, -0.2) is 9.97 Å². The zero-order valence-corrected chi connectivity index (χ0v) is 14.2. The topological polar surface area (TPSA) is 64.1 Å². The van der Waals surface area contributed by atoms with Crippen molar-refractivity contribution < 1.29 is 9.53 Å². The summed E-state index contributed by atoms with van der Waals surface area (Å²) in [5, 5.41) is 2.90. The highest BCUT2D eigenvalue weighted by Gasteiger charge is 2.30. The Hall–Kier alpha value is -2.43. The number of nitrogens with zero attached hydrogens (tertiary/aromatic N) is 2. The van der Waals surface area contributed by atoms with E-state index < -0.39 is 6.10 Å². The first-order valence-corrected chi connectivity index (χ1v) is 8.43. The molecule has 2 aliphatic rings. The number of rotatable bonds is 3. The van der Waals surface area contributed by atoms with E-state index in [4.69, 9.17) is 4.74 Å². The van der Waals surface area contributed by atoms with E-state index in [1.54, 1.807) is 0 Å². The monoisotopic (exact) mass is 323 g/mol. The van der Waals surface area contributed by atoms with Crippen molar-refractivity contribution in [1.82, 2.24) is 9.97 Å². The van der Waals surface area contributed by atoms with Crippen LogP contribution in [0.5, 0.6) is 5.75 Å². The first-order chi connectivity index (χ1) is 11.5. The van der Waals surface area contributed by atoms with Crippen LogP contribution < -0.4 is 10.1 Å². The summed E-state index contributed by atoms with van der Waals surface area (Å²) >= 11 is 0. The van der Waals surface area contributed by atoms with Crippen LogP contribution in [0.4, 0.5) is 5.82 Å². The molecule has 2 heterocycles. The molecule has 5 heteroatoms.